The van der Waals surface area contributed by atoms with Crippen molar-refractivity contribution >= 4 is 27.7 Å². The molecular weight excluding hydrogens is 310 g/mol. The van der Waals surface area contributed by atoms with E-state index in [4.69, 9.17) is 0 Å². The Morgan fingerprint density at radius 3 is 3.00 bits per heavy atom. The van der Waals surface area contributed by atoms with Crippen LogP contribution in [0.5, 0.6) is 0 Å². The summed E-state index contributed by atoms with van der Waals surface area (Å²) in [6.07, 6.45) is 5.96. The van der Waals surface area contributed by atoms with Crippen molar-refractivity contribution in [2.75, 3.05) is 12.3 Å². The first kappa shape index (κ1) is 14.4. The Kier molecular flexibility index (Phi) is 5.57. The fraction of sp³-hybridized carbons (Fsp3) is 0.769. The van der Waals surface area contributed by atoms with Gasteiger partial charge in [0.1, 0.15) is 0 Å². The van der Waals surface area contributed by atoms with E-state index in [1.165, 1.54) is 30.7 Å². The van der Waals surface area contributed by atoms with Gasteiger partial charge in [-0.3, -0.25) is 4.68 Å². The minimum Gasteiger partial charge on any atom is -0.308 e. The highest BCUT2D eigenvalue weighted by molar-refractivity contribution is 9.10. The van der Waals surface area contributed by atoms with Gasteiger partial charge < -0.3 is 5.32 Å². The van der Waals surface area contributed by atoms with E-state index >= 15 is 0 Å². The Labute approximate surface area is 122 Å². The first-order valence-corrected chi connectivity index (χ1v) is 8.68. The largest absolute Gasteiger partial charge is 0.308 e. The summed E-state index contributed by atoms with van der Waals surface area (Å²) in [5.74, 6) is 1.30. The fourth-order valence-corrected chi connectivity index (χ4v) is 4.55. The van der Waals surface area contributed by atoms with Crippen molar-refractivity contribution in [2.45, 2.75) is 50.9 Å². The normalized spacial score (nSPS) is 22.1. The topological polar surface area (TPSA) is 29.9 Å². The summed E-state index contributed by atoms with van der Waals surface area (Å²) in [6.45, 7) is 6.27. The van der Waals surface area contributed by atoms with Crippen LogP contribution in [0.4, 0.5) is 0 Å². The molecule has 0 spiro atoms. The van der Waals surface area contributed by atoms with Crippen molar-refractivity contribution in [3.05, 3.63) is 16.4 Å². The second-order valence-electron chi connectivity index (χ2n) is 4.63. The van der Waals surface area contributed by atoms with E-state index in [9.17, 15) is 0 Å². The lowest BCUT2D eigenvalue weighted by Crippen LogP contribution is -2.33. The molecule has 0 bridgehead atoms. The average molecular weight is 332 g/mol. The quantitative estimate of drug-likeness (QED) is 0.893. The minimum atomic E-state index is 0.414. The highest BCUT2D eigenvalue weighted by atomic mass is 79.9. The molecule has 1 aromatic heterocycles. The molecule has 102 valence electrons. The molecule has 2 atom stereocenters. The third kappa shape index (κ3) is 3.11. The van der Waals surface area contributed by atoms with Gasteiger partial charge in [-0.1, -0.05) is 13.3 Å². The van der Waals surface area contributed by atoms with Crippen molar-refractivity contribution in [3.8, 4) is 0 Å². The number of aryl methyl sites for hydroxylation is 1. The van der Waals surface area contributed by atoms with Gasteiger partial charge in [0.2, 0.25) is 0 Å². The molecule has 1 aromatic rings. The van der Waals surface area contributed by atoms with E-state index in [1.54, 1.807) is 0 Å². The molecule has 0 saturated carbocycles. The van der Waals surface area contributed by atoms with Gasteiger partial charge in [-0.15, -0.1) is 0 Å². The summed E-state index contributed by atoms with van der Waals surface area (Å²) < 4.78 is 3.26. The summed E-state index contributed by atoms with van der Waals surface area (Å²) in [6, 6.07) is 0.414. The van der Waals surface area contributed by atoms with E-state index in [1.807, 2.05) is 6.20 Å². The van der Waals surface area contributed by atoms with Crippen LogP contribution in [0.15, 0.2) is 10.7 Å². The number of aromatic nitrogens is 2. The van der Waals surface area contributed by atoms with E-state index in [0.717, 1.165) is 17.6 Å². The van der Waals surface area contributed by atoms with Crippen molar-refractivity contribution in [3.63, 3.8) is 0 Å². The molecule has 2 rings (SSSR count). The maximum absolute atomic E-state index is 4.45. The molecule has 18 heavy (non-hydrogen) atoms. The maximum Gasteiger partial charge on any atom is 0.0706 e. The first-order chi connectivity index (χ1) is 8.77. The maximum atomic E-state index is 4.45. The molecule has 1 aliphatic heterocycles. The van der Waals surface area contributed by atoms with E-state index in [0.29, 0.717) is 11.3 Å². The molecule has 1 fully saturated rings. The predicted molar refractivity (Wildman–Crippen MR) is 82.1 cm³/mol. The van der Waals surface area contributed by atoms with E-state index < -0.39 is 0 Å². The molecule has 0 aromatic carbocycles. The Morgan fingerprint density at radius 1 is 1.56 bits per heavy atom. The number of nitrogens with one attached hydrogen (secondary N) is 1. The Balaban J connectivity index is 2.24. The number of thioether (sulfide) groups is 1. The SMILES string of the molecule is CCNC(c1c(Br)cnn1CC)C1CCCCS1. The zero-order chi connectivity index (χ0) is 13.0. The third-order valence-electron chi connectivity index (χ3n) is 3.44. The van der Waals surface area contributed by atoms with Gasteiger partial charge in [-0.25, -0.2) is 0 Å². The number of rotatable bonds is 5. The average Bonchev–Trinajstić information content (AvgIpc) is 2.78. The van der Waals surface area contributed by atoms with E-state index in [-0.39, 0.29) is 0 Å². The van der Waals surface area contributed by atoms with Crippen LogP contribution >= 0.6 is 27.7 Å². The second kappa shape index (κ2) is 6.96. The molecule has 2 unspecified atom stereocenters. The highest BCUT2D eigenvalue weighted by Gasteiger charge is 2.29. The predicted octanol–water partition coefficient (Wildman–Crippen LogP) is 3.60. The van der Waals surface area contributed by atoms with Crippen molar-refractivity contribution in [1.82, 2.24) is 15.1 Å². The van der Waals surface area contributed by atoms with Crippen molar-refractivity contribution < 1.29 is 0 Å². The highest BCUT2D eigenvalue weighted by Crippen LogP contribution is 2.37. The lowest BCUT2D eigenvalue weighted by molar-refractivity contribution is 0.451. The Bertz CT molecular complexity index is 374. The van der Waals surface area contributed by atoms with Crippen LogP contribution in [0.1, 0.15) is 44.8 Å². The zero-order valence-corrected chi connectivity index (χ0v) is 13.6. The molecule has 0 radical (unpaired) electrons. The summed E-state index contributed by atoms with van der Waals surface area (Å²) in [4.78, 5) is 0. The number of nitrogens with zero attached hydrogens (tertiary/aromatic N) is 2. The molecule has 5 heteroatoms. The van der Waals surface area contributed by atoms with Crippen LogP contribution in [0.3, 0.4) is 0 Å². The third-order valence-corrected chi connectivity index (χ3v) is 5.51. The van der Waals surface area contributed by atoms with Gasteiger partial charge in [0, 0.05) is 11.8 Å². The number of hydrogen-bond donors (Lipinski definition) is 1. The van der Waals surface area contributed by atoms with Crippen LogP contribution in [-0.4, -0.2) is 27.3 Å². The summed E-state index contributed by atoms with van der Waals surface area (Å²) >= 11 is 5.78. The van der Waals surface area contributed by atoms with Gasteiger partial charge >= 0.3 is 0 Å². The lowest BCUT2D eigenvalue weighted by atomic mass is 10.0. The zero-order valence-electron chi connectivity index (χ0n) is 11.2. The fourth-order valence-electron chi connectivity index (χ4n) is 2.59. The lowest BCUT2D eigenvalue weighted by Gasteiger charge is -2.31. The Hall–Kier alpha value is -0.000000000000000111. The smallest absolute Gasteiger partial charge is 0.0706 e. The van der Waals surface area contributed by atoms with Gasteiger partial charge in [0.05, 0.1) is 22.4 Å². The van der Waals surface area contributed by atoms with Gasteiger partial charge in [-0.2, -0.15) is 16.9 Å². The molecule has 2 heterocycles. The van der Waals surface area contributed by atoms with Gasteiger partial charge in [0.15, 0.2) is 0 Å². The summed E-state index contributed by atoms with van der Waals surface area (Å²) in [7, 11) is 0. The van der Waals surface area contributed by atoms with Crippen LogP contribution < -0.4 is 5.32 Å². The standard InChI is InChI=1S/C13H22BrN3S/c1-3-15-12(11-7-5-6-8-18-11)13-10(14)9-16-17(13)4-2/h9,11-12,15H,3-8H2,1-2H3. The van der Waals surface area contributed by atoms with E-state index in [2.05, 4.69) is 56.6 Å². The van der Waals surface area contributed by atoms with Crippen LogP contribution in [0.2, 0.25) is 0 Å². The summed E-state index contributed by atoms with van der Waals surface area (Å²) in [5, 5.41) is 8.79. The number of halogens is 1. The van der Waals surface area contributed by atoms with Crippen LogP contribution in [0.25, 0.3) is 0 Å². The molecule has 1 N–H and O–H groups in total. The molecule has 0 amide bonds. The van der Waals surface area contributed by atoms with Crippen LogP contribution in [-0.2, 0) is 6.54 Å². The summed E-state index contributed by atoms with van der Waals surface area (Å²) in [5.41, 5.74) is 1.32. The molecule has 3 nitrogen and oxygen atoms in total. The van der Waals surface area contributed by atoms with Gasteiger partial charge in [0.25, 0.3) is 0 Å². The van der Waals surface area contributed by atoms with Crippen molar-refractivity contribution in [2.24, 2.45) is 0 Å². The van der Waals surface area contributed by atoms with Crippen LogP contribution in [0, 0.1) is 0 Å². The molecular formula is C13H22BrN3S. The second-order valence-corrected chi connectivity index (χ2v) is 6.84. The van der Waals surface area contributed by atoms with Crippen molar-refractivity contribution in [1.29, 1.82) is 0 Å². The first-order valence-electron chi connectivity index (χ1n) is 6.84. The number of hydrogen-bond acceptors (Lipinski definition) is 3. The Morgan fingerprint density at radius 2 is 2.39 bits per heavy atom. The molecule has 0 aliphatic carbocycles. The molecule has 1 aliphatic rings. The minimum absolute atomic E-state index is 0.414. The molecule has 1 saturated heterocycles. The van der Waals surface area contributed by atoms with Gasteiger partial charge in [-0.05, 0) is 48.0 Å². The monoisotopic (exact) mass is 331 g/mol.